The Kier molecular flexibility index (Phi) is 3.85. The van der Waals surface area contributed by atoms with Crippen LogP contribution in [0.15, 0.2) is 53.6 Å². The fraction of sp³-hybridized carbons (Fsp3) is 0.158. The van der Waals surface area contributed by atoms with Crippen molar-refractivity contribution in [3.05, 3.63) is 59.7 Å². The molecule has 0 aliphatic carbocycles. The Labute approximate surface area is 145 Å². The van der Waals surface area contributed by atoms with Gasteiger partial charge >= 0.3 is 0 Å². The third-order valence-corrected chi connectivity index (χ3v) is 4.12. The molecule has 0 unspecified atom stereocenters. The van der Waals surface area contributed by atoms with E-state index in [4.69, 9.17) is 0 Å². The number of hydrogen-bond acceptors (Lipinski definition) is 5. The van der Waals surface area contributed by atoms with Gasteiger partial charge in [-0.05, 0) is 31.5 Å². The fourth-order valence-corrected chi connectivity index (χ4v) is 2.94. The molecular formula is C19H18N6. The molecule has 0 atom stereocenters. The molecule has 1 N–H and O–H groups in total. The van der Waals surface area contributed by atoms with Crippen molar-refractivity contribution in [2.45, 2.75) is 20.4 Å². The van der Waals surface area contributed by atoms with Crippen molar-refractivity contribution in [2.75, 3.05) is 5.43 Å². The van der Waals surface area contributed by atoms with E-state index in [9.17, 15) is 0 Å². The molecule has 25 heavy (non-hydrogen) atoms. The van der Waals surface area contributed by atoms with Crippen LogP contribution < -0.4 is 5.43 Å². The van der Waals surface area contributed by atoms with E-state index in [-0.39, 0.29) is 0 Å². The molecular weight excluding hydrogens is 312 g/mol. The lowest BCUT2D eigenvalue weighted by Gasteiger charge is -2.02. The van der Waals surface area contributed by atoms with Crippen molar-refractivity contribution in [3.63, 3.8) is 0 Å². The van der Waals surface area contributed by atoms with Gasteiger partial charge in [-0.2, -0.15) is 10.1 Å². The normalized spacial score (nSPS) is 11.6. The highest BCUT2D eigenvalue weighted by Crippen LogP contribution is 2.27. The third kappa shape index (κ3) is 2.82. The van der Waals surface area contributed by atoms with E-state index in [1.165, 1.54) is 5.56 Å². The first kappa shape index (κ1) is 15.3. The second-order valence-corrected chi connectivity index (χ2v) is 5.85. The summed E-state index contributed by atoms with van der Waals surface area (Å²) < 4.78 is 2.14. The summed E-state index contributed by atoms with van der Waals surface area (Å²) in [6, 6.07) is 16.2. The van der Waals surface area contributed by atoms with Gasteiger partial charge in [0.05, 0.1) is 11.7 Å². The first-order valence-electron chi connectivity index (χ1n) is 8.23. The molecule has 6 nitrogen and oxygen atoms in total. The van der Waals surface area contributed by atoms with Gasteiger partial charge in [0.25, 0.3) is 5.95 Å². The lowest BCUT2D eigenvalue weighted by molar-refractivity contribution is 0.811. The van der Waals surface area contributed by atoms with Gasteiger partial charge in [0.1, 0.15) is 5.52 Å². The summed E-state index contributed by atoms with van der Waals surface area (Å²) in [5.74, 6) is 0.383. The molecule has 4 rings (SSSR count). The van der Waals surface area contributed by atoms with Crippen LogP contribution in [-0.4, -0.2) is 26.0 Å². The molecule has 2 aromatic carbocycles. The second kappa shape index (κ2) is 6.32. The van der Waals surface area contributed by atoms with Crippen molar-refractivity contribution in [1.82, 2.24) is 19.7 Å². The number of hydrazone groups is 1. The Hall–Kier alpha value is -3.28. The molecule has 0 spiro atoms. The fourth-order valence-electron chi connectivity index (χ4n) is 2.94. The van der Waals surface area contributed by atoms with Crippen molar-refractivity contribution in [2.24, 2.45) is 5.10 Å². The molecule has 0 radical (unpaired) electrons. The molecule has 0 bridgehead atoms. The van der Waals surface area contributed by atoms with Crippen molar-refractivity contribution in [3.8, 4) is 0 Å². The lowest BCUT2D eigenvalue weighted by atomic mass is 10.2. The van der Waals surface area contributed by atoms with Gasteiger partial charge in [0.15, 0.2) is 5.65 Å². The van der Waals surface area contributed by atoms with Gasteiger partial charge in [0, 0.05) is 11.9 Å². The van der Waals surface area contributed by atoms with Gasteiger partial charge in [-0.25, -0.2) is 5.43 Å². The Morgan fingerprint density at radius 3 is 2.76 bits per heavy atom. The lowest BCUT2D eigenvalue weighted by Crippen LogP contribution is -2.02. The van der Waals surface area contributed by atoms with E-state index in [0.29, 0.717) is 5.95 Å². The van der Waals surface area contributed by atoms with Gasteiger partial charge in [0.2, 0.25) is 0 Å². The van der Waals surface area contributed by atoms with Crippen molar-refractivity contribution < 1.29 is 0 Å². The molecule has 0 saturated carbocycles. The Morgan fingerprint density at radius 1 is 1.12 bits per heavy atom. The maximum atomic E-state index is 4.61. The third-order valence-electron chi connectivity index (χ3n) is 4.12. The average molecular weight is 330 g/mol. The van der Waals surface area contributed by atoms with Crippen LogP contribution in [0.25, 0.3) is 22.1 Å². The summed E-state index contributed by atoms with van der Waals surface area (Å²) in [6.07, 6.45) is 1.73. The molecule has 2 heterocycles. The van der Waals surface area contributed by atoms with E-state index in [0.717, 1.165) is 34.2 Å². The largest absolute Gasteiger partial charge is 0.324 e. The number of hydrogen-bond donors (Lipinski definition) is 1. The zero-order chi connectivity index (χ0) is 17.2. The number of aryl methyl sites for hydroxylation is 2. The number of fused-ring (bicyclic) bond motifs is 3. The number of aromatic nitrogens is 4. The molecule has 2 aromatic heterocycles. The highest BCUT2D eigenvalue weighted by atomic mass is 15.4. The summed E-state index contributed by atoms with van der Waals surface area (Å²) >= 11 is 0. The topological polar surface area (TPSA) is 68.0 Å². The molecule has 0 aliphatic heterocycles. The van der Waals surface area contributed by atoms with E-state index >= 15 is 0 Å². The molecule has 124 valence electrons. The maximum Gasteiger partial charge on any atom is 0.265 e. The highest BCUT2D eigenvalue weighted by Gasteiger charge is 2.13. The predicted molar refractivity (Wildman–Crippen MR) is 101 cm³/mol. The molecule has 4 aromatic rings. The SMILES string of the molecule is CCn1c2ccc(C)cc2c2nnc(N/N=C/c3ccccc3)nc21. The van der Waals surface area contributed by atoms with E-state index < -0.39 is 0 Å². The monoisotopic (exact) mass is 330 g/mol. The maximum absolute atomic E-state index is 4.61. The van der Waals surface area contributed by atoms with Gasteiger partial charge in [-0.3, -0.25) is 0 Å². The van der Waals surface area contributed by atoms with Crippen LogP contribution in [0.5, 0.6) is 0 Å². The number of anilines is 1. The van der Waals surface area contributed by atoms with Gasteiger partial charge in [-0.1, -0.05) is 42.0 Å². The summed E-state index contributed by atoms with van der Waals surface area (Å²) in [6.45, 7) is 4.99. The quantitative estimate of drug-likeness (QED) is 0.457. The van der Waals surface area contributed by atoms with E-state index in [2.05, 4.69) is 62.3 Å². The minimum Gasteiger partial charge on any atom is -0.324 e. The van der Waals surface area contributed by atoms with E-state index in [1.807, 2.05) is 30.3 Å². The number of nitrogens with one attached hydrogen (secondary N) is 1. The second-order valence-electron chi connectivity index (χ2n) is 5.85. The Morgan fingerprint density at radius 2 is 1.96 bits per heavy atom. The first-order chi connectivity index (χ1) is 12.3. The zero-order valence-electron chi connectivity index (χ0n) is 14.1. The van der Waals surface area contributed by atoms with E-state index in [1.54, 1.807) is 6.21 Å². The van der Waals surface area contributed by atoms with Gasteiger partial charge in [-0.15, -0.1) is 10.2 Å². The smallest absolute Gasteiger partial charge is 0.265 e. The van der Waals surface area contributed by atoms with Gasteiger partial charge < -0.3 is 4.57 Å². The molecule has 0 amide bonds. The zero-order valence-corrected chi connectivity index (χ0v) is 14.1. The first-order valence-corrected chi connectivity index (χ1v) is 8.23. The minimum absolute atomic E-state index is 0.383. The molecule has 0 aliphatic rings. The summed E-state index contributed by atoms with van der Waals surface area (Å²) in [4.78, 5) is 4.61. The Bertz CT molecular complexity index is 1070. The van der Waals surface area contributed by atoms with Crippen LogP contribution in [-0.2, 0) is 6.54 Å². The summed E-state index contributed by atoms with van der Waals surface area (Å²) in [5, 5.41) is 13.8. The van der Waals surface area contributed by atoms with Crippen LogP contribution >= 0.6 is 0 Å². The molecule has 0 fully saturated rings. The van der Waals surface area contributed by atoms with Crippen LogP contribution in [0.1, 0.15) is 18.1 Å². The van der Waals surface area contributed by atoms with Crippen molar-refractivity contribution >= 4 is 34.2 Å². The highest BCUT2D eigenvalue weighted by molar-refractivity contribution is 6.04. The average Bonchev–Trinajstić information content (AvgIpc) is 2.95. The number of benzene rings is 2. The van der Waals surface area contributed by atoms with Crippen LogP contribution in [0, 0.1) is 6.92 Å². The van der Waals surface area contributed by atoms with Crippen molar-refractivity contribution in [1.29, 1.82) is 0 Å². The number of rotatable bonds is 4. The van der Waals surface area contributed by atoms with Crippen LogP contribution in [0.2, 0.25) is 0 Å². The molecule has 0 saturated heterocycles. The van der Waals surface area contributed by atoms with Crippen LogP contribution in [0.3, 0.4) is 0 Å². The Balaban J connectivity index is 1.72. The predicted octanol–water partition coefficient (Wildman–Crippen LogP) is 3.75. The number of nitrogens with zero attached hydrogens (tertiary/aromatic N) is 5. The molecule has 6 heteroatoms. The summed E-state index contributed by atoms with van der Waals surface area (Å²) in [5.41, 5.74) is 7.81. The standard InChI is InChI=1S/C19H18N6/c1-3-25-16-10-9-13(2)11-15(16)17-18(25)21-19(24-22-17)23-20-12-14-7-5-4-6-8-14/h4-12H,3H2,1-2H3,(H,21,23,24)/b20-12+. The van der Waals surface area contributed by atoms with Crippen LogP contribution in [0.4, 0.5) is 5.95 Å². The minimum atomic E-state index is 0.383. The summed E-state index contributed by atoms with van der Waals surface area (Å²) in [7, 11) is 0.